The van der Waals surface area contributed by atoms with Crippen molar-refractivity contribution in [3.8, 4) is 0 Å². The SMILES string of the molecule is COC(=O)C1=CC(=O)[C@]23CCCN(S(=O)(=O)c4ccc(C)cc4)CCC[C@H]2[C@H](O[Si](C)(C)C(C)(C)C)C[C@@H]3C1. The first-order valence-corrected chi connectivity index (χ1v) is 18.6. The fourth-order valence-corrected chi connectivity index (χ4v) is 9.61. The average Bonchev–Trinajstić information content (AvgIpc) is 3.19. The van der Waals surface area contributed by atoms with Crippen molar-refractivity contribution in [1.29, 1.82) is 0 Å². The summed E-state index contributed by atoms with van der Waals surface area (Å²) in [5.74, 6) is -0.493. The Balaban J connectivity index is 1.68. The Morgan fingerprint density at radius 2 is 1.74 bits per heavy atom. The van der Waals surface area contributed by atoms with Crippen LogP contribution in [0.15, 0.2) is 40.8 Å². The number of ether oxygens (including phenoxy) is 1. The summed E-state index contributed by atoms with van der Waals surface area (Å²) in [6, 6.07) is 7.00. The van der Waals surface area contributed by atoms with E-state index in [0.717, 1.165) is 12.0 Å². The van der Waals surface area contributed by atoms with Gasteiger partial charge in [0.25, 0.3) is 0 Å². The van der Waals surface area contributed by atoms with E-state index in [4.69, 9.17) is 9.16 Å². The average molecular weight is 576 g/mol. The molecule has 0 aromatic heterocycles. The Bertz CT molecular complexity index is 1230. The molecule has 9 heteroatoms. The van der Waals surface area contributed by atoms with Crippen LogP contribution in [0.5, 0.6) is 0 Å². The second-order valence-corrected chi connectivity index (χ2v) is 19.9. The lowest BCUT2D eigenvalue weighted by Gasteiger charge is -2.43. The standard InChI is InChI=1S/C30H45NO6SSi/c1-21-11-13-24(14-12-21)38(34,35)31-16-8-10-25-26(37-39(6,7)29(2,3)4)20-23-18-22(28(33)36-5)19-27(32)30(23,25)15-9-17-31/h11-14,19,23,25-26H,8-10,15-18,20H2,1-7H3/t23-,25-,26+,30-/m0/s1. The maximum Gasteiger partial charge on any atom is 0.333 e. The summed E-state index contributed by atoms with van der Waals surface area (Å²) in [5.41, 5.74) is 0.807. The van der Waals surface area contributed by atoms with Gasteiger partial charge in [-0.25, -0.2) is 13.2 Å². The molecule has 3 aliphatic rings. The fraction of sp³-hybridized carbons (Fsp3) is 0.667. The van der Waals surface area contributed by atoms with E-state index < -0.39 is 29.7 Å². The maximum atomic E-state index is 14.0. The fourth-order valence-electron chi connectivity index (χ4n) is 6.72. The van der Waals surface area contributed by atoms with Gasteiger partial charge in [0.1, 0.15) is 0 Å². The van der Waals surface area contributed by atoms with Gasteiger partial charge >= 0.3 is 5.97 Å². The molecule has 7 nitrogen and oxygen atoms in total. The Hall–Kier alpha value is -1.81. The van der Waals surface area contributed by atoms with E-state index in [1.54, 1.807) is 16.4 Å². The third-order valence-corrected chi connectivity index (χ3v) is 16.3. The van der Waals surface area contributed by atoms with Crippen molar-refractivity contribution in [2.45, 2.75) is 95.4 Å². The maximum absolute atomic E-state index is 14.0. The summed E-state index contributed by atoms with van der Waals surface area (Å²) < 4.78 is 40.7. The number of aryl methyl sites for hydroxylation is 1. The Morgan fingerprint density at radius 1 is 1.10 bits per heavy atom. The van der Waals surface area contributed by atoms with Gasteiger partial charge in [-0.2, -0.15) is 4.31 Å². The lowest BCUT2D eigenvalue weighted by Crippen LogP contribution is -2.48. The van der Waals surface area contributed by atoms with Crippen LogP contribution in [0.4, 0.5) is 0 Å². The number of carbonyl (C=O) groups is 2. The number of nitrogens with zero attached hydrogens (tertiary/aromatic N) is 1. The summed E-state index contributed by atoms with van der Waals surface area (Å²) in [6.45, 7) is 13.9. The number of rotatable bonds is 5. The molecular weight excluding hydrogens is 530 g/mol. The molecule has 0 unspecified atom stereocenters. The number of esters is 1. The molecule has 1 aromatic rings. The largest absolute Gasteiger partial charge is 0.466 e. The van der Waals surface area contributed by atoms with Gasteiger partial charge in [0.2, 0.25) is 10.0 Å². The molecule has 1 heterocycles. The van der Waals surface area contributed by atoms with Crippen molar-refractivity contribution in [2.24, 2.45) is 17.3 Å². The molecule has 1 saturated carbocycles. The predicted molar refractivity (Wildman–Crippen MR) is 154 cm³/mol. The Labute approximate surface area is 235 Å². The number of carbonyl (C=O) groups excluding carboxylic acids is 2. The molecule has 0 bridgehead atoms. The highest BCUT2D eigenvalue weighted by atomic mass is 32.2. The molecule has 4 rings (SSSR count). The van der Waals surface area contributed by atoms with Crippen LogP contribution in [0, 0.1) is 24.2 Å². The highest BCUT2D eigenvalue weighted by molar-refractivity contribution is 7.89. The second-order valence-electron chi connectivity index (χ2n) is 13.2. The number of allylic oxidation sites excluding steroid dienone is 1. The van der Waals surface area contributed by atoms with Gasteiger partial charge in [0.15, 0.2) is 14.1 Å². The molecule has 0 radical (unpaired) electrons. The summed E-state index contributed by atoms with van der Waals surface area (Å²) in [6.07, 6.45) is 5.20. The minimum absolute atomic E-state index is 0.0124. The number of ketones is 1. The zero-order valence-electron chi connectivity index (χ0n) is 24.6. The first-order valence-electron chi connectivity index (χ1n) is 14.2. The van der Waals surface area contributed by atoms with E-state index in [-0.39, 0.29) is 28.8 Å². The number of hydrogen-bond donors (Lipinski definition) is 0. The summed E-state index contributed by atoms with van der Waals surface area (Å²) in [7, 11) is -4.43. The molecule has 4 atom stereocenters. The Kier molecular flexibility index (Phi) is 8.41. The molecule has 39 heavy (non-hydrogen) atoms. The van der Waals surface area contributed by atoms with E-state index in [1.807, 2.05) is 19.1 Å². The number of sulfonamides is 1. The van der Waals surface area contributed by atoms with E-state index in [0.29, 0.717) is 55.7 Å². The van der Waals surface area contributed by atoms with Crippen molar-refractivity contribution in [1.82, 2.24) is 4.31 Å². The van der Waals surface area contributed by atoms with Crippen LogP contribution < -0.4 is 0 Å². The number of methoxy groups -OCH3 is 1. The number of benzene rings is 1. The highest BCUT2D eigenvalue weighted by Crippen LogP contribution is 2.59. The molecule has 2 fully saturated rings. The predicted octanol–water partition coefficient (Wildman–Crippen LogP) is 5.64. The Morgan fingerprint density at radius 3 is 2.36 bits per heavy atom. The van der Waals surface area contributed by atoms with Crippen molar-refractivity contribution >= 4 is 30.1 Å². The van der Waals surface area contributed by atoms with Gasteiger partial charge in [0, 0.05) is 30.2 Å². The van der Waals surface area contributed by atoms with E-state index >= 15 is 0 Å². The molecule has 0 amide bonds. The minimum atomic E-state index is -3.64. The monoisotopic (exact) mass is 575 g/mol. The zero-order valence-corrected chi connectivity index (χ0v) is 26.4. The summed E-state index contributed by atoms with van der Waals surface area (Å²) in [5, 5.41) is 0.0186. The van der Waals surface area contributed by atoms with Crippen LogP contribution in [-0.4, -0.2) is 59.1 Å². The van der Waals surface area contributed by atoms with Gasteiger partial charge < -0.3 is 9.16 Å². The van der Waals surface area contributed by atoms with Crippen molar-refractivity contribution in [2.75, 3.05) is 20.2 Å². The first-order chi connectivity index (χ1) is 18.1. The van der Waals surface area contributed by atoms with Crippen LogP contribution in [0.25, 0.3) is 0 Å². The normalized spacial score (nSPS) is 28.9. The molecule has 1 aromatic carbocycles. The van der Waals surface area contributed by atoms with Crippen molar-refractivity contribution < 1.29 is 27.2 Å². The van der Waals surface area contributed by atoms with Crippen LogP contribution in [0.3, 0.4) is 0 Å². The molecule has 1 aliphatic heterocycles. The molecule has 216 valence electrons. The van der Waals surface area contributed by atoms with Gasteiger partial charge in [-0.1, -0.05) is 38.5 Å². The third kappa shape index (κ3) is 5.56. The van der Waals surface area contributed by atoms with Crippen LogP contribution >= 0.6 is 0 Å². The molecular formula is C30H45NO6SSi. The van der Waals surface area contributed by atoms with E-state index in [1.165, 1.54) is 13.2 Å². The van der Waals surface area contributed by atoms with Gasteiger partial charge in [0.05, 0.1) is 12.0 Å². The third-order valence-electron chi connectivity index (χ3n) is 9.87. The lowest BCUT2D eigenvalue weighted by atomic mass is 9.61. The summed E-state index contributed by atoms with van der Waals surface area (Å²) in [4.78, 5) is 26.8. The molecule has 1 saturated heterocycles. The van der Waals surface area contributed by atoms with Crippen molar-refractivity contribution in [3.63, 3.8) is 0 Å². The first kappa shape index (κ1) is 30.2. The van der Waals surface area contributed by atoms with E-state index in [9.17, 15) is 18.0 Å². The van der Waals surface area contributed by atoms with Crippen LogP contribution in [-0.2, 0) is 28.8 Å². The minimum Gasteiger partial charge on any atom is -0.466 e. The van der Waals surface area contributed by atoms with Crippen LogP contribution in [0.1, 0.15) is 64.9 Å². The topological polar surface area (TPSA) is 90.0 Å². The van der Waals surface area contributed by atoms with Crippen LogP contribution in [0.2, 0.25) is 18.1 Å². The second kappa shape index (κ2) is 10.9. The smallest absolute Gasteiger partial charge is 0.333 e. The zero-order chi connectivity index (χ0) is 28.8. The number of hydrogen-bond acceptors (Lipinski definition) is 6. The molecule has 1 spiro atoms. The van der Waals surface area contributed by atoms with Gasteiger partial charge in [-0.05, 0) is 93.6 Å². The van der Waals surface area contributed by atoms with E-state index in [2.05, 4.69) is 33.9 Å². The van der Waals surface area contributed by atoms with Crippen molar-refractivity contribution in [3.05, 3.63) is 41.5 Å². The molecule has 0 N–H and O–H groups in total. The quantitative estimate of drug-likeness (QED) is 0.333. The van der Waals surface area contributed by atoms with Gasteiger partial charge in [-0.15, -0.1) is 0 Å². The lowest BCUT2D eigenvalue weighted by molar-refractivity contribution is -0.139. The highest BCUT2D eigenvalue weighted by Gasteiger charge is 2.61. The summed E-state index contributed by atoms with van der Waals surface area (Å²) >= 11 is 0. The molecule has 2 aliphatic carbocycles. The van der Waals surface area contributed by atoms with Gasteiger partial charge in [-0.3, -0.25) is 4.79 Å².